The lowest BCUT2D eigenvalue weighted by Gasteiger charge is -2.36. The van der Waals surface area contributed by atoms with E-state index in [-0.39, 0.29) is 23.6 Å². The lowest BCUT2D eigenvalue weighted by molar-refractivity contribution is -0.140. The number of benzene rings is 2. The summed E-state index contributed by atoms with van der Waals surface area (Å²) in [4.78, 5) is 27.0. The van der Waals surface area contributed by atoms with Crippen molar-refractivity contribution >= 4 is 23.4 Å². The molecular weight excluding hydrogens is 474 g/mol. The van der Waals surface area contributed by atoms with Gasteiger partial charge in [0.15, 0.2) is 5.78 Å². The number of hydrogen-bond donors (Lipinski definition) is 1. The number of ether oxygens (including phenoxy) is 2. The summed E-state index contributed by atoms with van der Waals surface area (Å²) < 4.78 is 11.4. The molecule has 0 amide bonds. The smallest absolute Gasteiger partial charge is 0.336 e. The first-order chi connectivity index (χ1) is 17.3. The highest BCUT2D eigenvalue weighted by molar-refractivity contribution is 6.30. The fourth-order valence-corrected chi connectivity index (χ4v) is 5.04. The summed E-state index contributed by atoms with van der Waals surface area (Å²) in [5.74, 6) is 0.205. The van der Waals surface area contributed by atoms with Crippen LogP contribution in [-0.4, -0.2) is 25.0 Å². The topological polar surface area (TPSA) is 64.6 Å². The Hall–Kier alpha value is -3.05. The second-order valence-electron chi connectivity index (χ2n) is 9.98. The first kappa shape index (κ1) is 26.0. The van der Waals surface area contributed by atoms with Crippen LogP contribution < -0.4 is 10.1 Å². The molecule has 6 heteroatoms. The molecule has 0 saturated carbocycles. The summed E-state index contributed by atoms with van der Waals surface area (Å²) in [7, 11) is 0. The van der Waals surface area contributed by atoms with E-state index in [4.69, 9.17) is 21.1 Å². The molecule has 2 aliphatic rings. The molecule has 0 bridgehead atoms. The van der Waals surface area contributed by atoms with E-state index < -0.39 is 5.92 Å². The van der Waals surface area contributed by atoms with Gasteiger partial charge < -0.3 is 14.8 Å². The average Bonchev–Trinajstić information content (AvgIpc) is 2.85. The number of allylic oxidation sites excluding steroid dienone is 3. The molecule has 36 heavy (non-hydrogen) atoms. The van der Waals surface area contributed by atoms with Crippen LogP contribution in [0.3, 0.4) is 0 Å². The van der Waals surface area contributed by atoms with Crippen molar-refractivity contribution in [3.8, 4) is 5.75 Å². The first-order valence-electron chi connectivity index (χ1n) is 12.7. The summed E-state index contributed by atoms with van der Waals surface area (Å²) >= 11 is 6.08. The van der Waals surface area contributed by atoms with Crippen molar-refractivity contribution in [1.29, 1.82) is 0 Å². The number of hydrogen-bond acceptors (Lipinski definition) is 5. The van der Waals surface area contributed by atoms with Crippen LogP contribution in [0.5, 0.6) is 5.75 Å². The zero-order chi connectivity index (χ0) is 25.8. The molecule has 2 aromatic rings. The number of ketones is 1. The van der Waals surface area contributed by atoms with Gasteiger partial charge in [-0.05, 0) is 67.0 Å². The Bertz CT molecular complexity index is 1180. The highest BCUT2D eigenvalue weighted by Crippen LogP contribution is 2.46. The number of rotatable bonds is 8. The Morgan fingerprint density at radius 2 is 1.72 bits per heavy atom. The van der Waals surface area contributed by atoms with Crippen LogP contribution in [0, 0.1) is 5.92 Å². The van der Waals surface area contributed by atoms with E-state index >= 15 is 0 Å². The second kappa shape index (κ2) is 11.3. The van der Waals surface area contributed by atoms with Gasteiger partial charge >= 0.3 is 5.97 Å². The molecular formula is C30H34ClNO4. The molecule has 0 fully saturated rings. The Labute approximate surface area is 218 Å². The third kappa shape index (κ3) is 5.67. The SMILES string of the molecule is CCCOc1ccc([C@H]2C(C(=O)OCC(C)C)=C(C)NC3=C2C(=O)C[C@H](c2ccc(Cl)cc2)C3)cc1. The highest BCUT2D eigenvalue weighted by atomic mass is 35.5. The van der Waals surface area contributed by atoms with Crippen LogP contribution in [0.25, 0.3) is 0 Å². The maximum absolute atomic E-state index is 13.7. The number of esters is 1. The highest BCUT2D eigenvalue weighted by Gasteiger charge is 2.41. The maximum Gasteiger partial charge on any atom is 0.336 e. The molecule has 0 aromatic heterocycles. The van der Waals surface area contributed by atoms with Gasteiger partial charge in [-0.25, -0.2) is 4.79 Å². The number of nitrogens with one attached hydrogen (secondary N) is 1. The predicted molar refractivity (Wildman–Crippen MR) is 142 cm³/mol. The summed E-state index contributed by atoms with van der Waals surface area (Å²) in [6.07, 6.45) is 1.98. The van der Waals surface area contributed by atoms with E-state index in [1.807, 2.05) is 69.3 Å². The van der Waals surface area contributed by atoms with E-state index in [9.17, 15) is 9.59 Å². The molecule has 1 N–H and O–H groups in total. The van der Waals surface area contributed by atoms with Gasteiger partial charge in [0.25, 0.3) is 0 Å². The summed E-state index contributed by atoms with van der Waals surface area (Å²) in [5, 5.41) is 4.08. The van der Waals surface area contributed by atoms with E-state index in [0.29, 0.717) is 42.2 Å². The zero-order valence-electron chi connectivity index (χ0n) is 21.4. The third-order valence-electron chi connectivity index (χ3n) is 6.62. The fourth-order valence-electron chi connectivity index (χ4n) is 4.91. The van der Waals surface area contributed by atoms with Gasteiger partial charge in [0.1, 0.15) is 5.75 Å². The summed E-state index contributed by atoms with van der Waals surface area (Å²) in [6, 6.07) is 15.4. The molecule has 2 aromatic carbocycles. The van der Waals surface area contributed by atoms with Gasteiger partial charge in [-0.1, -0.05) is 56.6 Å². The van der Waals surface area contributed by atoms with E-state index in [1.54, 1.807) is 0 Å². The number of Topliss-reactive ketones (excluding diaryl/α,β-unsaturated/α-hetero) is 1. The molecule has 4 rings (SSSR count). The lowest BCUT2D eigenvalue weighted by atomic mass is 9.71. The van der Waals surface area contributed by atoms with Crippen LogP contribution in [0.2, 0.25) is 5.02 Å². The Kier molecular flexibility index (Phi) is 8.20. The molecule has 1 heterocycles. The van der Waals surface area contributed by atoms with Crippen LogP contribution in [0.15, 0.2) is 71.1 Å². The van der Waals surface area contributed by atoms with Crippen molar-refractivity contribution in [2.24, 2.45) is 5.92 Å². The minimum Gasteiger partial charge on any atom is -0.494 e. The molecule has 1 aliphatic carbocycles. The van der Waals surface area contributed by atoms with Gasteiger partial charge in [-0.3, -0.25) is 4.79 Å². The van der Waals surface area contributed by atoms with Crippen molar-refractivity contribution in [3.05, 3.63) is 87.2 Å². The Morgan fingerprint density at radius 3 is 2.36 bits per heavy atom. The molecule has 0 unspecified atom stereocenters. The van der Waals surface area contributed by atoms with Crippen LogP contribution in [0.1, 0.15) is 69.9 Å². The minimum absolute atomic E-state index is 0.0432. The first-order valence-corrected chi connectivity index (χ1v) is 13.1. The molecule has 0 saturated heterocycles. The van der Waals surface area contributed by atoms with Crippen LogP contribution >= 0.6 is 11.6 Å². The normalized spacial score (nSPS) is 19.8. The quantitative estimate of drug-likeness (QED) is 0.403. The standard InChI is InChI=1S/C30H34ClNO4/c1-5-14-35-24-12-8-21(9-13-24)28-27(30(34)36-17-18(2)3)19(4)32-25-15-22(16-26(33)29(25)28)20-6-10-23(31)11-7-20/h6-13,18,22,28,32H,5,14-17H2,1-4H3/t22-,28+/m1/s1. The maximum atomic E-state index is 13.7. The summed E-state index contributed by atoms with van der Waals surface area (Å²) in [5.41, 5.74) is 4.71. The number of carbonyl (C=O) groups is 2. The minimum atomic E-state index is -0.486. The number of halogens is 1. The number of carbonyl (C=O) groups excluding carboxylic acids is 2. The van der Waals surface area contributed by atoms with Gasteiger partial charge in [-0.2, -0.15) is 0 Å². The molecule has 0 spiro atoms. The van der Waals surface area contributed by atoms with Crippen LogP contribution in [-0.2, 0) is 14.3 Å². The van der Waals surface area contributed by atoms with Gasteiger partial charge in [-0.15, -0.1) is 0 Å². The molecule has 5 nitrogen and oxygen atoms in total. The molecule has 190 valence electrons. The van der Waals surface area contributed by atoms with E-state index in [2.05, 4.69) is 12.2 Å². The van der Waals surface area contributed by atoms with Gasteiger partial charge in [0.2, 0.25) is 0 Å². The molecule has 0 radical (unpaired) electrons. The van der Waals surface area contributed by atoms with Crippen molar-refractivity contribution in [1.82, 2.24) is 5.32 Å². The van der Waals surface area contributed by atoms with Gasteiger partial charge in [0.05, 0.1) is 18.8 Å². The van der Waals surface area contributed by atoms with E-state index in [0.717, 1.165) is 34.7 Å². The molecule has 1 aliphatic heterocycles. The predicted octanol–water partition coefficient (Wildman–Crippen LogP) is 6.69. The number of dihydropyridines is 1. The van der Waals surface area contributed by atoms with Crippen molar-refractivity contribution in [3.63, 3.8) is 0 Å². The Morgan fingerprint density at radius 1 is 1.06 bits per heavy atom. The second-order valence-corrected chi connectivity index (χ2v) is 10.4. The monoisotopic (exact) mass is 507 g/mol. The van der Waals surface area contributed by atoms with Crippen molar-refractivity contribution in [2.75, 3.05) is 13.2 Å². The van der Waals surface area contributed by atoms with Crippen molar-refractivity contribution in [2.45, 2.75) is 58.8 Å². The molecule has 2 atom stereocenters. The average molecular weight is 508 g/mol. The largest absolute Gasteiger partial charge is 0.494 e. The van der Waals surface area contributed by atoms with E-state index in [1.165, 1.54) is 0 Å². The zero-order valence-corrected chi connectivity index (χ0v) is 22.2. The summed E-state index contributed by atoms with van der Waals surface area (Å²) in [6.45, 7) is 8.91. The lowest BCUT2D eigenvalue weighted by Crippen LogP contribution is -2.36. The van der Waals surface area contributed by atoms with Gasteiger partial charge in [0, 0.05) is 34.3 Å². The fraction of sp³-hybridized carbons (Fsp3) is 0.400. The van der Waals surface area contributed by atoms with Crippen LogP contribution in [0.4, 0.5) is 0 Å². The Balaban J connectivity index is 1.72. The van der Waals surface area contributed by atoms with Crippen molar-refractivity contribution < 1.29 is 19.1 Å². The third-order valence-corrected chi connectivity index (χ3v) is 6.87.